The number of aliphatic hydroxyl groups excluding tert-OH is 1. The van der Waals surface area contributed by atoms with Crippen molar-refractivity contribution < 1.29 is 5.11 Å². The number of hydrogen-bond acceptors (Lipinski definition) is 2. The van der Waals surface area contributed by atoms with Crippen molar-refractivity contribution in [2.45, 2.75) is 45.1 Å². The van der Waals surface area contributed by atoms with Gasteiger partial charge in [-0.1, -0.05) is 26.7 Å². The van der Waals surface area contributed by atoms with Crippen LogP contribution in [0.5, 0.6) is 0 Å². The highest BCUT2D eigenvalue weighted by atomic mass is 16.3. The number of nitrogens with zero attached hydrogens (tertiary/aromatic N) is 1. The van der Waals surface area contributed by atoms with Gasteiger partial charge in [0.2, 0.25) is 0 Å². The summed E-state index contributed by atoms with van der Waals surface area (Å²) in [5.74, 6) is 0. The second kappa shape index (κ2) is 4.24. The predicted octanol–water partition coefficient (Wildman–Crippen LogP) is 1.63. The second-order valence-corrected chi connectivity index (χ2v) is 3.76. The Kier molecular flexibility index (Phi) is 3.53. The van der Waals surface area contributed by atoms with E-state index in [1.54, 1.807) is 0 Å². The highest BCUT2D eigenvalue weighted by Crippen LogP contribution is 2.34. The molecule has 0 spiro atoms. The summed E-state index contributed by atoms with van der Waals surface area (Å²) in [6.07, 6.45) is 4.95. The average molecular weight is 171 g/mol. The van der Waals surface area contributed by atoms with Crippen molar-refractivity contribution in [3.8, 4) is 0 Å². The lowest BCUT2D eigenvalue weighted by molar-refractivity contribution is 0.0416. The molecule has 1 aliphatic rings. The molecule has 0 saturated heterocycles. The smallest absolute Gasteiger partial charge is 0.0615 e. The summed E-state index contributed by atoms with van der Waals surface area (Å²) in [7, 11) is 0. The Morgan fingerprint density at radius 3 is 2.00 bits per heavy atom. The van der Waals surface area contributed by atoms with Crippen molar-refractivity contribution in [2.24, 2.45) is 0 Å². The van der Waals surface area contributed by atoms with E-state index in [0.29, 0.717) is 6.61 Å². The monoisotopic (exact) mass is 171 g/mol. The van der Waals surface area contributed by atoms with E-state index in [2.05, 4.69) is 18.7 Å². The predicted molar refractivity (Wildman–Crippen MR) is 51.2 cm³/mol. The third-order valence-corrected chi connectivity index (χ3v) is 3.26. The molecule has 12 heavy (non-hydrogen) atoms. The standard InChI is InChI=1S/C10H21NO/c1-3-11(4-2)10(9-12)7-5-6-8-10/h12H,3-9H2,1-2H3. The van der Waals surface area contributed by atoms with Crippen LogP contribution < -0.4 is 0 Å². The van der Waals surface area contributed by atoms with Gasteiger partial charge in [-0.15, -0.1) is 0 Å². The zero-order valence-electron chi connectivity index (χ0n) is 8.34. The Balaban J connectivity index is 2.63. The first-order valence-electron chi connectivity index (χ1n) is 5.15. The van der Waals surface area contributed by atoms with Gasteiger partial charge in [0.25, 0.3) is 0 Å². The molecule has 2 heteroatoms. The van der Waals surface area contributed by atoms with Crippen LogP contribution in [0.3, 0.4) is 0 Å². The minimum Gasteiger partial charge on any atom is -0.394 e. The molecule has 1 aliphatic carbocycles. The molecule has 72 valence electrons. The van der Waals surface area contributed by atoms with E-state index in [0.717, 1.165) is 13.1 Å². The van der Waals surface area contributed by atoms with Crippen LogP contribution in [0.1, 0.15) is 39.5 Å². The summed E-state index contributed by atoms with van der Waals surface area (Å²) in [6, 6.07) is 0. The lowest BCUT2D eigenvalue weighted by Crippen LogP contribution is -2.49. The highest BCUT2D eigenvalue weighted by molar-refractivity contribution is 4.93. The fraction of sp³-hybridized carbons (Fsp3) is 1.00. The molecule has 0 aromatic heterocycles. The average Bonchev–Trinajstić information content (AvgIpc) is 2.56. The Labute approximate surface area is 75.6 Å². The van der Waals surface area contributed by atoms with Crippen molar-refractivity contribution in [3.05, 3.63) is 0 Å². The quantitative estimate of drug-likeness (QED) is 0.695. The molecule has 1 rings (SSSR count). The molecule has 1 fully saturated rings. The Morgan fingerprint density at radius 2 is 1.67 bits per heavy atom. The fourth-order valence-corrected chi connectivity index (χ4v) is 2.50. The lowest BCUT2D eigenvalue weighted by Gasteiger charge is -2.38. The molecule has 0 amide bonds. The van der Waals surface area contributed by atoms with Crippen LogP contribution in [-0.2, 0) is 0 Å². The first-order chi connectivity index (χ1) is 5.79. The van der Waals surface area contributed by atoms with Gasteiger partial charge >= 0.3 is 0 Å². The van der Waals surface area contributed by atoms with Crippen LogP contribution in [0.4, 0.5) is 0 Å². The van der Waals surface area contributed by atoms with Crippen molar-refractivity contribution >= 4 is 0 Å². The van der Waals surface area contributed by atoms with E-state index in [1.165, 1.54) is 25.7 Å². The van der Waals surface area contributed by atoms with Gasteiger partial charge in [0.05, 0.1) is 6.61 Å². The van der Waals surface area contributed by atoms with Crippen molar-refractivity contribution in [1.29, 1.82) is 0 Å². The summed E-state index contributed by atoms with van der Waals surface area (Å²) in [5, 5.41) is 9.41. The number of hydrogen-bond donors (Lipinski definition) is 1. The normalized spacial score (nSPS) is 22.0. The van der Waals surface area contributed by atoms with Gasteiger partial charge in [0.1, 0.15) is 0 Å². The minimum absolute atomic E-state index is 0.142. The maximum absolute atomic E-state index is 9.41. The molecule has 0 atom stereocenters. The van der Waals surface area contributed by atoms with Gasteiger partial charge in [0, 0.05) is 5.54 Å². The topological polar surface area (TPSA) is 23.5 Å². The fourth-order valence-electron chi connectivity index (χ4n) is 2.50. The summed E-state index contributed by atoms with van der Waals surface area (Å²) in [5.41, 5.74) is 0.142. The zero-order chi connectivity index (χ0) is 9.03. The van der Waals surface area contributed by atoms with Crippen LogP contribution in [0, 0.1) is 0 Å². The van der Waals surface area contributed by atoms with Crippen LogP contribution in [0.2, 0.25) is 0 Å². The second-order valence-electron chi connectivity index (χ2n) is 3.76. The molecule has 0 unspecified atom stereocenters. The largest absolute Gasteiger partial charge is 0.394 e. The van der Waals surface area contributed by atoms with Crippen molar-refractivity contribution in [3.63, 3.8) is 0 Å². The molecule has 0 heterocycles. The molecule has 0 aromatic rings. The van der Waals surface area contributed by atoms with Crippen molar-refractivity contribution in [1.82, 2.24) is 4.90 Å². The van der Waals surface area contributed by atoms with E-state index >= 15 is 0 Å². The first-order valence-corrected chi connectivity index (χ1v) is 5.15. The molecule has 1 N–H and O–H groups in total. The third-order valence-electron chi connectivity index (χ3n) is 3.26. The Morgan fingerprint density at radius 1 is 1.17 bits per heavy atom. The van der Waals surface area contributed by atoms with E-state index < -0.39 is 0 Å². The van der Waals surface area contributed by atoms with Gasteiger partial charge in [-0.05, 0) is 25.9 Å². The highest BCUT2D eigenvalue weighted by Gasteiger charge is 2.37. The lowest BCUT2D eigenvalue weighted by atomic mass is 9.96. The number of aliphatic hydroxyl groups is 1. The maximum Gasteiger partial charge on any atom is 0.0615 e. The van der Waals surface area contributed by atoms with E-state index in [9.17, 15) is 5.11 Å². The molecule has 0 radical (unpaired) electrons. The van der Waals surface area contributed by atoms with Gasteiger partial charge in [-0.3, -0.25) is 4.90 Å². The van der Waals surface area contributed by atoms with Gasteiger partial charge in [0.15, 0.2) is 0 Å². The van der Waals surface area contributed by atoms with Gasteiger partial charge in [-0.2, -0.15) is 0 Å². The number of rotatable bonds is 4. The molecule has 0 bridgehead atoms. The summed E-state index contributed by atoms with van der Waals surface area (Å²) in [4.78, 5) is 2.42. The van der Waals surface area contributed by atoms with Gasteiger partial charge < -0.3 is 5.11 Å². The first kappa shape index (κ1) is 10.0. The maximum atomic E-state index is 9.41. The molecule has 2 nitrogen and oxygen atoms in total. The molecular weight excluding hydrogens is 150 g/mol. The molecule has 0 aliphatic heterocycles. The van der Waals surface area contributed by atoms with Crippen molar-refractivity contribution in [2.75, 3.05) is 19.7 Å². The van der Waals surface area contributed by atoms with Crippen LogP contribution in [0.15, 0.2) is 0 Å². The van der Waals surface area contributed by atoms with Crippen LogP contribution in [0.25, 0.3) is 0 Å². The van der Waals surface area contributed by atoms with E-state index in [4.69, 9.17) is 0 Å². The zero-order valence-corrected chi connectivity index (χ0v) is 8.34. The Hall–Kier alpha value is -0.0800. The van der Waals surface area contributed by atoms with Gasteiger partial charge in [-0.25, -0.2) is 0 Å². The molecule has 0 aromatic carbocycles. The van der Waals surface area contributed by atoms with Crippen LogP contribution in [-0.4, -0.2) is 35.2 Å². The summed E-state index contributed by atoms with van der Waals surface area (Å²) >= 11 is 0. The number of likely N-dealkylation sites (N-methyl/N-ethyl adjacent to an activating group) is 1. The SMILES string of the molecule is CCN(CC)C1(CO)CCCC1. The molecule has 1 saturated carbocycles. The Bertz CT molecular complexity index is 126. The third kappa shape index (κ3) is 1.64. The van der Waals surface area contributed by atoms with Crippen LogP contribution >= 0.6 is 0 Å². The summed E-state index contributed by atoms with van der Waals surface area (Å²) in [6.45, 7) is 6.83. The van der Waals surface area contributed by atoms with E-state index in [1.807, 2.05) is 0 Å². The molecular formula is C10H21NO. The van der Waals surface area contributed by atoms with E-state index in [-0.39, 0.29) is 5.54 Å². The minimum atomic E-state index is 0.142. The summed E-state index contributed by atoms with van der Waals surface area (Å²) < 4.78 is 0.